The zero-order chi connectivity index (χ0) is 19.6. The molecule has 142 valence electrons. The first-order chi connectivity index (χ1) is 12.9. The molecular weight excluding hydrogens is 360 g/mol. The van der Waals surface area contributed by atoms with Crippen molar-refractivity contribution >= 4 is 29.1 Å². The summed E-state index contributed by atoms with van der Waals surface area (Å²) in [5.74, 6) is 0.531. The van der Waals surface area contributed by atoms with Crippen LogP contribution in [0.5, 0.6) is 0 Å². The van der Waals surface area contributed by atoms with Crippen molar-refractivity contribution in [3.8, 4) is 0 Å². The highest BCUT2D eigenvalue weighted by atomic mass is 32.2. The van der Waals surface area contributed by atoms with Gasteiger partial charge in [0.05, 0.1) is 6.42 Å². The lowest BCUT2D eigenvalue weighted by molar-refractivity contribution is -0.120. The molecule has 0 atom stereocenters. The molecule has 0 saturated heterocycles. The number of nitrogens with zero attached hydrogens (tertiary/aromatic N) is 5. The Kier molecular flexibility index (Phi) is 5.65. The van der Waals surface area contributed by atoms with Crippen LogP contribution in [-0.4, -0.2) is 45.8 Å². The molecule has 0 spiro atoms. The van der Waals surface area contributed by atoms with Crippen LogP contribution in [0.4, 0.5) is 5.69 Å². The minimum atomic E-state index is -0.0377. The van der Waals surface area contributed by atoms with Crippen molar-refractivity contribution in [2.45, 2.75) is 32.0 Å². The van der Waals surface area contributed by atoms with Crippen LogP contribution in [0.15, 0.2) is 29.4 Å². The molecule has 7 nitrogen and oxygen atoms in total. The minimum absolute atomic E-state index is 0.0377. The molecule has 8 heteroatoms. The zero-order valence-electron chi connectivity index (χ0n) is 16.3. The Balaban J connectivity index is 1.70. The highest BCUT2D eigenvalue weighted by Gasteiger charge is 2.15. The number of carbonyl (C=O) groups excluding carboxylic acids is 1. The number of anilines is 1. The molecule has 1 aromatic carbocycles. The van der Waals surface area contributed by atoms with Gasteiger partial charge >= 0.3 is 0 Å². The first kappa shape index (κ1) is 19.2. The van der Waals surface area contributed by atoms with Gasteiger partial charge < -0.3 is 10.2 Å². The Morgan fingerprint density at radius 3 is 2.52 bits per heavy atom. The standard InChI is InChI=1S/C19H24N6OS/c1-12-16(13(2)25-18(21-12)22-19(23-25)27-5)10-17(26)20-11-14-6-8-15(9-7-14)24(3)4/h6-9H,10-11H2,1-5H3,(H,20,26). The molecule has 1 N–H and O–H groups in total. The van der Waals surface area contributed by atoms with Crippen LogP contribution in [-0.2, 0) is 17.8 Å². The van der Waals surface area contributed by atoms with Crippen LogP contribution in [0, 0.1) is 13.8 Å². The number of amides is 1. The molecule has 0 unspecified atom stereocenters. The fourth-order valence-electron chi connectivity index (χ4n) is 2.87. The number of aromatic nitrogens is 4. The smallest absolute Gasteiger partial charge is 0.253 e. The van der Waals surface area contributed by atoms with Gasteiger partial charge in [-0.15, -0.1) is 5.10 Å². The summed E-state index contributed by atoms with van der Waals surface area (Å²) in [6, 6.07) is 8.14. The number of fused-ring (bicyclic) bond motifs is 1. The summed E-state index contributed by atoms with van der Waals surface area (Å²) in [5, 5.41) is 8.09. The molecule has 2 heterocycles. The highest BCUT2D eigenvalue weighted by Crippen LogP contribution is 2.17. The molecule has 27 heavy (non-hydrogen) atoms. The van der Waals surface area contributed by atoms with Gasteiger partial charge in [-0.1, -0.05) is 23.9 Å². The number of benzene rings is 1. The fourth-order valence-corrected chi connectivity index (χ4v) is 3.20. The van der Waals surface area contributed by atoms with Gasteiger partial charge in [-0.2, -0.15) is 4.98 Å². The number of nitrogens with one attached hydrogen (secondary N) is 1. The van der Waals surface area contributed by atoms with Crippen molar-refractivity contribution in [1.82, 2.24) is 24.9 Å². The first-order valence-corrected chi connectivity index (χ1v) is 9.91. The van der Waals surface area contributed by atoms with E-state index in [9.17, 15) is 4.79 Å². The van der Waals surface area contributed by atoms with Gasteiger partial charge in [-0.05, 0) is 37.8 Å². The monoisotopic (exact) mass is 384 g/mol. The maximum absolute atomic E-state index is 12.5. The van der Waals surface area contributed by atoms with E-state index in [0.29, 0.717) is 17.5 Å². The number of aryl methyl sites for hydroxylation is 2. The fraction of sp³-hybridized carbons (Fsp3) is 0.368. The summed E-state index contributed by atoms with van der Waals surface area (Å²) in [4.78, 5) is 23.4. The van der Waals surface area contributed by atoms with Crippen molar-refractivity contribution in [2.75, 3.05) is 25.3 Å². The molecule has 0 aliphatic heterocycles. The number of thioether (sulfide) groups is 1. The van der Waals surface area contributed by atoms with E-state index in [1.54, 1.807) is 4.52 Å². The molecule has 0 radical (unpaired) electrons. The van der Waals surface area contributed by atoms with Crippen LogP contribution in [0.25, 0.3) is 5.78 Å². The second kappa shape index (κ2) is 7.96. The average Bonchev–Trinajstić information content (AvgIpc) is 3.07. The number of hydrogen-bond donors (Lipinski definition) is 1. The van der Waals surface area contributed by atoms with Crippen molar-refractivity contribution in [3.63, 3.8) is 0 Å². The Morgan fingerprint density at radius 2 is 1.89 bits per heavy atom. The molecule has 0 aliphatic carbocycles. The Bertz CT molecular complexity index is 964. The van der Waals surface area contributed by atoms with Crippen molar-refractivity contribution in [1.29, 1.82) is 0 Å². The van der Waals surface area contributed by atoms with Gasteiger partial charge in [0.25, 0.3) is 5.78 Å². The maximum Gasteiger partial charge on any atom is 0.253 e. The lowest BCUT2D eigenvalue weighted by atomic mass is 10.1. The summed E-state index contributed by atoms with van der Waals surface area (Å²) in [6.07, 6.45) is 2.20. The van der Waals surface area contributed by atoms with E-state index in [2.05, 4.69) is 20.4 Å². The van der Waals surface area contributed by atoms with Crippen LogP contribution in [0.2, 0.25) is 0 Å². The summed E-state index contributed by atoms with van der Waals surface area (Å²) < 4.78 is 1.71. The van der Waals surface area contributed by atoms with Gasteiger partial charge in [-0.25, -0.2) is 9.50 Å². The van der Waals surface area contributed by atoms with Crippen LogP contribution in [0.1, 0.15) is 22.5 Å². The van der Waals surface area contributed by atoms with Crippen molar-refractivity contribution in [3.05, 3.63) is 46.8 Å². The second-order valence-electron chi connectivity index (χ2n) is 6.59. The molecule has 0 saturated carbocycles. The van der Waals surface area contributed by atoms with E-state index in [1.165, 1.54) is 11.8 Å². The number of rotatable bonds is 6. The number of carbonyl (C=O) groups is 1. The van der Waals surface area contributed by atoms with Gasteiger partial charge in [0.1, 0.15) is 0 Å². The predicted molar refractivity (Wildman–Crippen MR) is 108 cm³/mol. The average molecular weight is 385 g/mol. The summed E-state index contributed by atoms with van der Waals surface area (Å²) >= 11 is 1.47. The quantitative estimate of drug-likeness (QED) is 0.658. The van der Waals surface area contributed by atoms with Crippen LogP contribution < -0.4 is 10.2 Å². The maximum atomic E-state index is 12.5. The van der Waals surface area contributed by atoms with E-state index in [4.69, 9.17) is 0 Å². The van der Waals surface area contributed by atoms with Gasteiger partial charge in [0.15, 0.2) is 0 Å². The molecule has 0 bridgehead atoms. The zero-order valence-corrected chi connectivity index (χ0v) is 17.1. The van der Waals surface area contributed by atoms with E-state index in [0.717, 1.165) is 28.2 Å². The van der Waals surface area contributed by atoms with E-state index < -0.39 is 0 Å². The van der Waals surface area contributed by atoms with E-state index in [-0.39, 0.29) is 12.3 Å². The third kappa shape index (κ3) is 4.21. The third-order valence-corrected chi connectivity index (χ3v) is 5.03. The van der Waals surface area contributed by atoms with Crippen LogP contribution in [0.3, 0.4) is 0 Å². The van der Waals surface area contributed by atoms with Gasteiger partial charge in [0.2, 0.25) is 11.1 Å². The number of hydrogen-bond acceptors (Lipinski definition) is 6. The van der Waals surface area contributed by atoms with Crippen LogP contribution >= 0.6 is 11.8 Å². The lowest BCUT2D eigenvalue weighted by Gasteiger charge is -2.13. The second-order valence-corrected chi connectivity index (χ2v) is 7.36. The van der Waals surface area contributed by atoms with E-state index in [1.807, 2.05) is 63.4 Å². The Labute approximate surface area is 163 Å². The molecular formula is C19H24N6OS. The molecule has 0 aliphatic rings. The summed E-state index contributed by atoms with van der Waals surface area (Å²) in [6.45, 7) is 4.35. The SMILES string of the molecule is CSc1nc2nc(C)c(CC(=O)NCc3ccc(N(C)C)cc3)c(C)n2n1. The molecule has 2 aromatic heterocycles. The Morgan fingerprint density at radius 1 is 1.19 bits per heavy atom. The molecule has 3 aromatic rings. The van der Waals surface area contributed by atoms with Gasteiger partial charge in [-0.3, -0.25) is 4.79 Å². The van der Waals surface area contributed by atoms with Gasteiger partial charge in [0, 0.05) is 43.3 Å². The normalized spacial score (nSPS) is 11.0. The minimum Gasteiger partial charge on any atom is -0.378 e. The van der Waals surface area contributed by atoms with E-state index >= 15 is 0 Å². The molecule has 0 fully saturated rings. The summed E-state index contributed by atoms with van der Waals surface area (Å²) in [5.41, 5.74) is 4.80. The molecule has 1 amide bonds. The molecule has 3 rings (SSSR count). The first-order valence-electron chi connectivity index (χ1n) is 8.69. The Hall–Kier alpha value is -2.61. The lowest BCUT2D eigenvalue weighted by Crippen LogP contribution is -2.26. The topological polar surface area (TPSA) is 75.4 Å². The summed E-state index contributed by atoms with van der Waals surface area (Å²) in [7, 11) is 4.01. The predicted octanol–water partition coefficient (Wildman–Crippen LogP) is 2.39. The van der Waals surface area contributed by atoms with Crippen molar-refractivity contribution in [2.24, 2.45) is 0 Å². The highest BCUT2D eigenvalue weighted by molar-refractivity contribution is 7.98. The largest absolute Gasteiger partial charge is 0.378 e. The third-order valence-electron chi connectivity index (χ3n) is 4.49. The van der Waals surface area contributed by atoms with Crippen molar-refractivity contribution < 1.29 is 4.79 Å².